The molecule has 0 atom stereocenters. The summed E-state index contributed by atoms with van der Waals surface area (Å²) < 4.78 is 4.62. The molecule has 9 heteroatoms. The molecule has 0 aliphatic heterocycles. The van der Waals surface area contributed by atoms with Gasteiger partial charge >= 0.3 is 5.97 Å². The van der Waals surface area contributed by atoms with Crippen LogP contribution in [0.15, 0.2) is 34.2 Å². The van der Waals surface area contributed by atoms with Crippen molar-refractivity contribution in [2.24, 2.45) is 0 Å². The van der Waals surface area contributed by atoms with E-state index in [0.717, 1.165) is 11.8 Å². The summed E-state index contributed by atoms with van der Waals surface area (Å²) in [4.78, 5) is 41.6. The third-order valence-electron chi connectivity index (χ3n) is 2.84. The van der Waals surface area contributed by atoms with E-state index in [1.165, 1.54) is 25.3 Å². The Bertz CT molecular complexity index is 838. The van der Waals surface area contributed by atoms with E-state index in [0.29, 0.717) is 16.5 Å². The third kappa shape index (κ3) is 4.84. The number of nitrogens with one attached hydrogen (secondary N) is 2. The number of ether oxygens (including phenoxy) is 1. The van der Waals surface area contributed by atoms with Gasteiger partial charge in [-0.2, -0.15) is 0 Å². The predicted molar refractivity (Wildman–Crippen MR) is 91.7 cm³/mol. The molecular weight excluding hydrogens is 354 g/mol. The number of rotatable bonds is 5. The summed E-state index contributed by atoms with van der Waals surface area (Å²) in [6.07, 6.45) is 0. The topological polar surface area (TPSA) is 101 Å². The van der Waals surface area contributed by atoms with Crippen molar-refractivity contribution in [2.75, 3.05) is 18.2 Å². The second kappa shape index (κ2) is 7.98. The molecule has 1 aromatic heterocycles. The van der Waals surface area contributed by atoms with Crippen LogP contribution < -0.4 is 10.9 Å². The molecule has 24 heavy (non-hydrogen) atoms. The number of hydrogen-bond acceptors (Lipinski definition) is 6. The second-order valence-corrected chi connectivity index (χ2v) is 6.09. The maximum absolute atomic E-state index is 12.0. The van der Waals surface area contributed by atoms with E-state index >= 15 is 0 Å². The van der Waals surface area contributed by atoms with E-state index in [1.54, 1.807) is 13.0 Å². The number of carbonyl (C=O) groups excluding carboxylic acids is 2. The van der Waals surface area contributed by atoms with Crippen LogP contribution in [0.5, 0.6) is 0 Å². The van der Waals surface area contributed by atoms with Crippen molar-refractivity contribution < 1.29 is 14.3 Å². The van der Waals surface area contributed by atoms with Crippen molar-refractivity contribution in [1.82, 2.24) is 9.97 Å². The number of aromatic amines is 1. The summed E-state index contributed by atoms with van der Waals surface area (Å²) in [5, 5.41) is 3.24. The van der Waals surface area contributed by atoms with E-state index < -0.39 is 5.97 Å². The average Bonchev–Trinajstić information content (AvgIpc) is 2.53. The molecule has 1 aromatic carbocycles. The molecule has 0 saturated heterocycles. The molecule has 0 spiro atoms. The summed E-state index contributed by atoms with van der Waals surface area (Å²) in [6.45, 7) is 1.70. The number of carbonyl (C=O) groups is 2. The maximum Gasteiger partial charge on any atom is 0.339 e. The van der Waals surface area contributed by atoms with Gasteiger partial charge in [0, 0.05) is 17.4 Å². The first-order chi connectivity index (χ1) is 11.4. The normalized spacial score (nSPS) is 10.3. The summed E-state index contributed by atoms with van der Waals surface area (Å²) >= 11 is 7.02. The minimum atomic E-state index is -0.591. The summed E-state index contributed by atoms with van der Waals surface area (Å²) in [5.74, 6) is -0.864. The minimum Gasteiger partial charge on any atom is -0.465 e. The quantitative estimate of drug-likeness (QED) is 0.477. The number of halogens is 1. The van der Waals surface area contributed by atoms with Gasteiger partial charge in [0.05, 0.1) is 23.4 Å². The van der Waals surface area contributed by atoms with Crippen molar-refractivity contribution in [3.63, 3.8) is 0 Å². The molecule has 0 radical (unpaired) electrons. The van der Waals surface area contributed by atoms with Gasteiger partial charge in [-0.25, -0.2) is 9.78 Å². The predicted octanol–water partition coefficient (Wildman–Crippen LogP) is 2.25. The zero-order valence-electron chi connectivity index (χ0n) is 12.9. The van der Waals surface area contributed by atoms with Gasteiger partial charge in [0.15, 0.2) is 5.16 Å². The molecule has 2 rings (SSSR count). The lowest BCUT2D eigenvalue weighted by atomic mass is 10.2. The SMILES string of the molecule is COC(=O)c1cc(NC(=O)CSc2nc(C)cc(=O)[nH]2)ccc1Cl. The van der Waals surface area contributed by atoms with Crippen molar-refractivity contribution in [3.8, 4) is 0 Å². The van der Waals surface area contributed by atoms with Crippen molar-refractivity contribution in [2.45, 2.75) is 12.1 Å². The molecule has 0 aliphatic rings. The Balaban J connectivity index is 2.02. The molecule has 0 fully saturated rings. The number of aryl methyl sites for hydroxylation is 1. The van der Waals surface area contributed by atoms with E-state index in [2.05, 4.69) is 20.0 Å². The van der Waals surface area contributed by atoms with Crippen molar-refractivity contribution in [1.29, 1.82) is 0 Å². The Kier molecular flexibility index (Phi) is 5.99. The number of hydrogen-bond donors (Lipinski definition) is 2. The van der Waals surface area contributed by atoms with Gasteiger partial charge in [-0.3, -0.25) is 9.59 Å². The number of anilines is 1. The number of benzene rings is 1. The molecule has 0 aliphatic carbocycles. The van der Waals surface area contributed by atoms with Crippen LogP contribution in [0.4, 0.5) is 5.69 Å². The van der Waals surface area contributed by atoms with Crippen LogP contribution in [0, 0.1) is 6.92 Å². The lowest BCUT2D eigenvalue weighted by molar-refractivity contribution is -0.113. The van der Waals surface area contributed by atoms with Crippen LogP contribution in [0.2, 0.25) is 5.02 Å². The molecule has 0 unspecified atom stereocenters. The molecule has 7 nitrogen and oxygen atoms in total. The molecule has 1 heterocycles. The Labute approximate surface area is 146 Å². The standard InChI is InChI=1S/C15H14ClN3O4S/c1-8-5-12(20)19-15(17-8)24-7-13(21)18-9-3-4-11(16)10(6-9)14(22)23-2/h3-6H,7H2,1-2H3,(H,18,21)(H,17,19,20). The fourth-order valence-electron chi connectivity index (χ4n) is 1.82. The van der Waals surface area contributed by atoms with Gasteiger partial charge in [-0.05, 0) is 25.1 Å². The lowest BCUT2D eigenvalue weighted by Crippen LogP contribution is -2.16. The van der Waals surface area contributed by atoms with Crippen LogP contribution in [-0.2, 0) is 9.53 Å². The van der Waals surface area contributed by atoms with E-state index in [4.69, 9.17) is 11.6 Å². The van der Waals surface area contributed by atoms with Gasteiger partial charge in [0.2, 0.25) is 5.91 Å². The number of amides is 1. The Hall–Kier alpha value is -2.32. The number of thioether (sulfide) groups is 1. The van der Waals surface area contributed by atoms with E-state index in [1.807, 2.05) is 0 Å². The van der Waals surface area contributed by atoms with Gasteiger partial charge in [0.25, 0.3) is 5.56 Å². The van der Waals surface area contributed by atoms with Gasteiger partial charge in [-0.15, -0.1) is 0 Å². The molecule has 0 saturated carbocycles. The van der Waals surface area contributed by atoms with Crippen LogP contribution in [-0.4, -0.2) is 34.7 Å². The van der Waals surface area contributed by atoms with Gasteiger partial charge in [-0.1, -0.05) is 23.4 Å². The first kappa shape index (κ1) is 18.0. The lowest BCUT2D eigenvalue weighted by Gasteiger charge is -2.08. The highest BCUT2D eigenvalue weighted by Gasteiger charge is 2.13. The van der Waals surface area contributed by atoms with Crippen LogP contribution >= 0.6 is 23.4 Å². The maximum atomic E-state index is 12.0. The van der Waals surface area contributed by atoms with Crippen LogP contribution in [0.3, 0.4) is 0 Å². The van der Waals surface area contributed by atoms with Gasteiger partial charge < -0.3 is 15.0 Å². The monoisotopic (exact) mass is 367 g/mol. The highest BCUT2D eigenvalue weighted by Crippen LogP contribution is 2.22. The molecule has 126 valence electrons. The molecule has 2 aromatic rings. The summed E-state index contributed by atoms with van der Waals surface area (Å²) in [7, 11) is 1.25. The number of esters is 1. The fraction of sp³-hybridized carbons (Fsp3) is 0.200. The molecular formula is C15H14ClN3O4S. The Morgan fingerprint density at radius 3 is 2.79 bits per heavy atom. The average molecular weight is 368 g/mol. The highest BCUT2D eigenvalue weighted by atomic mass is 35.5. The Morgan fingerprint density at radius 1 is 1.38 bits per heavy atom. The van der Waals surface area contributed by atoms with E-state index in [-0.39, 0.29) is 27.8 Å². The zero-order chi connectivity index (χ0) is 17.7. The third-order valence-corrected chi connectivity index (χ3v) is 4.05. The zero-order valence-corrected chi connectivity index (χ0v) is 14.5. The number of aromatic nitrogens is 2. The van der Waals surface area contributed by atoms with Crippen LogP contribution in [0.25, 0.3) is 0 Å². The number of H-pyrrole nitrogens is 1. The smallest absolute Gasteiger partial charge is 0.339 e. The Morgan fingerprint density at radius 2 is 2.12 bits per heavy atom. The highest BCUT2D eigenvalue weighted by molar-refractivity contribution is 7.99. The largest absolute Gasteiger partial charge is 0.465 e. The number of methoxy groups -OCH3 is 1. The first-order valence-corrected chi connectivity index (χ1v) is 8.14. The fourth-order valence-corrected chi connectivity index (χ4v) is 2.74. The summed E-state index contributed by atoms with van der Waals surface area (Å²) in [5.41, 5.74) is 0.873. The molecule has 2 N–H and O–H groups in total. The summed E-state index contributed by atoms with van der Waals surface area (Å²) in [6, 6.07) is 5.87. The number of nitrogens with zero attached hydrogens (tertiary/aromatic N) is 1. The first-order valence-electron chi connectivity index (χ1n) is 6.77. The van der Waals surface area contributed by atoms with Gasteiger partial charge in [0.1, 0.15) is 0 Å². The van der Waals surface area contributed by atoms with Crippen molar-refractivity contribution >= 4 is 40.9 Å². The van der Waals surface area contributed by atoms with Crippen molar-refractivity contribution in [3.05, 3.63) is 50.9 Å². The second-order valence-electron chi connectivity index (χ2n) is 4.71. The van der Waals surface area contributed by atoms with Crippen LogP contribution in [0.1, 0.15) is 16.1 Å². The van der Waals surface area contributed by atoms with E-state index in [9.17, 15) is 14.4 Å². The minimum absolute atomic E-state index is 0.0442. The molecule has 1 amide bonds. The molecule has 0 bridgehead atoms.